The van der Waals surface area contributed by atoms with E-state index in [1.165, 1.54) is 0 Å². The van der Waals surface area contributed by atoms with Gasteiger partial charge in [-0.2, -0.15) is 0 Å². The van der Waals surface area contributed by atoms with Crippen molar-refractivity contribution in [2.45, 2.75) is 45.1 Å². The lowest BCUT2D eigenvalue weighted by atomic mass is 9.94. The highest BCUT2D eigenvalue weighted by Gasteiger charge is 2.24. The van der Waals surface area contributed by atoms with E-state index in [1.54, 1.807) is 0 Å². The quantitative estimate of drug-likeness (QED) is 0.246. The number of alkyl carbamates (subject to hydrolysis) is 1. The lowest BCUT2D eigenvalue weighted by Gasteiger charge is -2.30. The number of benzene rings is 3. The molecule has 0 heterocycles. The van der Waals surface area contributed by atoms with E-state index in [-0.39, 0.29) is 11.8 Å². The first-order chi connectivity index (χ1) is 18.4. The van der Waals surface area contributed by atoms with Crippen LogP contribution in [0.1, 0.15) is 55.5 Å². The highest BCUT2D eigenvalue weighted by atomic mass is 35.5. The minimum atomic E-state index is -0.569. The standard InChI is InChI=1S/C31H39Cl2N3O3/c1-31(2,3)39-30(38)34-17-9-18-36(29(37)26-13-8-11-22-10-6-7-12-25(22)26)21-24(16-19-35(4)5)23-14-15-27(32)28(33)20-23/h6-8,10-15,20,24H,9,16-19,21H2,1-5H3,(H,34,38). The first-order valence-electron chi connectivity index (χ1n) is 13.3. The molecule has 0 radical (unpaired) electrons. The zero-order chi connectivity index (χ0) is 28.6. The summed E-state index contributed by atoms with van der Waals surface area (Å²) >= 11 is 12.6. The number of hydrogen-bond acceptors (Lipinski definition) is 4. The Bertz CT molecular complexity index is 1270. The number of halogens is 2. The van der Waals surface area contributed by atoms with Crippen LogP contribution >= 0.6 is 23.2 Å². The number of rotatable bonds is 11. The maximum Gasteiger partial charge on any atom is 0.407 e. The van der Waals surface area contributed by atoms with Gasteiger partial charge in [-0.05, 0) is 88.8 Å². The van der Waals surface area contributed by atoms with Crippen molar-refractivity contribution in [3.63, 3.8) is 0 Å². The summed E-state index contributed by atoms with van der Waals surface area (Å²) in [6.45, 7) is 7.69. The van der Waals surface area contributed by atoms with E-state index in [1.807, 2.05) is 100 Å². The molecule has 0 aliphatic carbocycles. The van der Waals surface area contributed by atoms with Gasteiger partial charge in [0, 0.05) is 31.1 Å². The number of nitrogens with zero attached hydrogens (tertiary/aromatic N) is 2. The molecule has 0 aromatic heterocycles. The molecule has 0 aliphatic rings. The Morgan fingerprint density at radius 2 is 1.67 bits per heavy atom. The molecule has 210 valence electrons. The Hall–Kier alpha value is -2.80. The van der Waals surface area contributed by atoms with Gasteiger partial charge in [0.2, 0.25) is 0 Å². The molecule has 8 heteroatoms. The van der Waals surface area contributed by atoms with Crippen molar-refractivity contribution in [3.8, 4) is 0 Å². The molecule has 2 amide bonds. The third kappa shape index (κ3) is 9.41. The lowest BCUT2D eigenvalue weighted by molar-refractivity contribution is 0.0525. The lowest BCUT2D eigenvalue weighted by Crippen LogP contribution is -2.38. The Morgan fingerprint density at radius 1 is 0.949 bits per heavy atom. The van der Waals surface area contributed by atoms with Gasteiger partial charge in [0.15, 0.2) is 0 Å². The number of amides is 2. The van der Waals surface area contributed by atoms with Gasteiger partial charge in [-0.1, -0.05) is 65.7 Å². The van der Waals surface area contributed by atoms with E-state index < -0.39 is 11.7 Å². The Labute approximate surface area is 242 Å². The normalized spacial score (nSPS) is 12.4. The zero-order valence-electron chi connectivity index (χ0n) is 23.5. The molecule has 1 atom stereocenters. The number of nitrogens with one attached hydrogen (secondary N) is 1. The van der Waals surface area contributed by atoms with Crippen LogP contribution in [0.4, 0.5) is 4.79 Å². The molecule has 3 aromatic carbocycles. The average molecular weight is 573 g/mol. The molecule has 0 aliphatic heterocycles. The van der Waals surface area contributed by atoms with Crippen LogP contribution in [0.15, 0.2) is 60.7 Å². The van der Waals surface area contributed by atoms with Gasteiger partial charge in [0.1, 0.15) is 5.60 Å². The molecular weight excluding hydrogens is 533 g/mol. The van der Waals surface area contributed by atoms with Gasteiger partial charge in [-0.3, -0.25) is 4.79 Å². The number of carbonyl (C=O) groups excluding carboxylic acids is 2. The van der Waals surface area contributed by atoms with E-state index in [4.69, 9.17) is 27.9 Å². The third-order valence-electron chi connectivity index (χ3n) is 6.36. The van der Waals surface area contributed by atoms with Crippen molar-refractivity contribution in [1.82, 2.24) is 15.1 Å². The second-order valence-corrected chi connectivity index (χ2v) is 11.8. The summed E-state index contributed by atoms with van der Waals surface area (Å²) < 4.78 is 5.35. The smallest absolute Gasteiger partial charge is 0.407 e. The number of hydrogen-bond donors (Lipinski definition) is 1. The molecule has 0 saturated heterocycles. The first kappa shape index (κ1) is 30.7. The van der Waals surface area contributed by atoms with Crippen molar-refractivity contribution in [3.05, 3.63) is 81.8 Å². The number of fused-ring (bicyclic) bond motifs is 1. The Balaban J connectivity index is 1.86. The zero-order valence-corrected chi connectivity index (χ0v) is 25.0. The molecule has 39 heavy (non-hydrogen) atoms. The topological polar surface area (TPSA) is 61.9 Å². The minimum absolute atomic E-state index is 0.0416. The third-order valence-corrected chi connectivity index (χ3v) is 7.10. The second-order valence-electron chi connectivity index (χ2n) is 11.0. The summed E-state index contributed by atoms with van der Waals surface area (Å²) in [7, 11) is 4.07. The fourth-order valence-electron chi connectivity index (χ4n) is 4.44. The fraction of sp³-hybridized carbons (Fsp3) is 0.419. The minimum Gasteiger partial charge on any atom is -0.444 e. The van der Waals surface area contributed by atoms with Crippen LogP contribution in [0.2, 0.25) is 10.0 Å². The van der Waals surface area contributed by atoms with Crippen molar-refractivity contribution >= 4 is 46.0 Å². The highest BCUT2D eigenvalue weighted by molar-refractivity contribution is 6.42. The van der Waals surface area contributed by atoms with E-state index in [0.717, 1.165) is 29.3 Å². The van der Waals surface area contributed by atoms with Crippen LogP contribution in [0.25, 0.3) is 10.8 Å². The predicted octanol–water partition coefficient (Wildman–Crippen LogP) is 7.24. The van der Waals surface area contributed by atoms with Crippen LogP contribution in [0, 0.1) is 0 Å². The number of ether oxygens (including phenoxy) is 1. The summed E-state index contributed by atoms with van der Waals surface area (Å²) in [6.07, 6.45) is 0.951. The van der Waals surface area contributed by atoms with Gasteiger partial charge in [0.05, 0.1) is 10.0 Å². The summed E-state index contributed by atoms with van der Waals surface area (Å²) in [5.41, 5.74) is 1.13. The molecular formula is C31H39Cl2N3O3. The van der Waals surface area contributed by atoms with Crippen LogP contribution in [-0.2, 0) is 4.74 Å². The molecule has 3 aromatic rings. The van der Waals surface area contributed by atoms with Gasteiger partial charge >= 0.3 is 6.09 Å². The van der Waals surface area contributed by atoms with E-state index >= 15 is 0 Å². The van der Waals surface area contributed by atoms with Crippen LogP contribution in [0.3, 0.4) is 0 Å². The van der Waals surface area contributed by atoms with E-state index in [0.29, 0.717) is 41.7 Å². The van der Waals surface area contributed by atoms with Gasteiger partial charge in [-0.25, -0.2) is 4.79 Å². The van der Waals surface area contributed by atoms with Crippen LogP contribution in [0.5, 0.6) is 0 Å². The predicted molar refractivity (Wildman–Crippen MR) is 161 cm³/mol. The van der Waals surface area contributed by atoms with Gasteiger partial charge in [-0.15, -0.1) is 0 Å². The molecule has 6 nitrogen and oxygen atoms in total. The van der Waals surface area contributed by atoms with Crippen LogP contribution < -0.4 is 5.32 Å². The van der Waals surface area contributed by atoms with Crippen molar-refractivity contribution in [1.29, 1.82) is 0 Å². The Morgan fingerprint density at radius 3 is 2.36 bits per heavy atom. The van der Waals surface area contributed by atoms with E-state index in [2.05, 4.69) is 10.2 Å². The maximum atomic E-state index is 14.1. The first-order valence-corrected chi connectivity index (χ1v) is 14.0. The fourth-order valence-corrected chi connectivity index (χ4v) is 4.75. The molecule has 1 N–H and O–H groups in total. The summed E-state index contributed by atoms with van der Waals surface area (Å²) in [5.74, 6) is -0.00103. The van der Waals surface area contributed by atoms with Crippen molar-refractivity contribution in [2.75, 3.05) is 40.3 Å². The Kier molecular flexibility index (Phi) is 11.0. The van der Waals surface area contributed by atoms with Crippen molar-refractivity contribution < 1.29 is 14.3 Å². The molecule has 1 unspecified atom stereocenters. The molecule has 0 saturated carbocycles. The summed E-state index contributed by atoms with van der Waals surface area (Å²) in [4.78, 5) is 30.2. The molecule has 0 spiro atoms. The summed E-state index contributed by atoms with van der Waals surface area (Å²) in [5, 5.41) is 5.74. The molecule has 0 bridgehead atoms. The van der Waals surface area contributed by atoms with Gasteiger partial charge < -0.3 is 19.9 Å². The van der Waals surface area contributed by atoms with Gasteiger partial charge in [0.25, 0.3) is 5.91 Å². The van der Waals surface area contributed by atoms with Crippen molar-refractivity contribution in [2.24, 2.45) is 0 Å². The second kappa shape index (κ2) is 14.0. The molecule has 3 rings (SSSR count). The monoisotopic (exact) mass is 571 g/mol. The largest absolute Gasteiger partial charge is 0.444 e. The highest BCUT2D eigenvalue weighted by Crippen LogP contribution is 2.30. The van der Waals surface area contributed by atoms with E-state index in [9.17, 15) is 9.59 Å². The SMILES string of the molecule is CN(C)CCC(CN(CCCNC(=O)OC(C)(C)C)C(=O)c1cccc2ccccc12)c1ccc(Cl)c(Cl)c1. The summed E-state index contributed by atoms with van der Waals surface area (Å²) in [6, 6.07) is 19.4. The van der Waals surface area contributed by atoms with Crippen LogP contribution in [-0.4, -0.2) is 67.7 Å². The maximum absolute atomic E-state index is 14.1. The number of carbonyl (C=O) groups is 2. The molecule has 0 fully saturated rings. The average Bonchev–Trinajstić information content (AvgIpc) is 2.87.